The zero-order chi connectivity index (χ0) is 17.3. The van der Waals surface area contributed by atoms with Crippen molar-refractivity contribution in [3.05, 3.63) is 53.6 Å². The van der Waals surface area contributed by atoms with Gasteiger partial charge in [-0.1, -0.05) is 0 Å². The molecule has 3 rings (SSSR count). The SMILES string of the molecule is CC(=O)c1ccc(N2CCN(C(=O)c3cccn3C)CC2)c(F)c1. The number of hydrogen-bond donors (Lipinski definition) is 0. The average molecular weight is 329 g/mol. The van der Waals surface area contributed by atoms with Gasteiger partial charge in [-0.05, 0) is 37.3 Å². The third-order valence-corrected chi connectivity index (χ3v) is 4.42. The van der Waals surface area contributed by atoms with Crippen LogP contribution in [0, 0.1) is 5.82 Å². The van der Waals surface area contributed by atoms with Crippen molar-refractivity contribution in [1.29, 1.82) is 0 Å². The molecule has 2 aromatic rings. The fraction of sp³-hybridized carbons (Fsp3) is 0.333. The molecule has 1 aliphatic heterocycles. The molecular weight excluding hydrogens is 309 g/mol. The van der Waals surface area contributed by atoms with Gasteiger partial charge in [0.05, 0.1) is 5.69 Å². The van der Waals surface area contributed by atoms with Crippen LogP contribution in [-0.2, 0) is 7.05 Å². The number of aromatic nitrogens is 1. The molecule has 0 bridgehead atoms. The molecule has 0 aliphatic carbocycles. The molecule has 0 radical (unpaired) electrons. The minimum absolute atomic E-state index is 0.00505. The lowest BCUT2D eigenvalue weighted by atomic mass is 10.1. The minimum atomic E-state index is -0.398. The van der Waals surface area contributed by atoms with E-state index in [1.165, 1.54) is 13.0 Å². The van der Waals surface area contributed by atoms with Crippen LogP contribution in [-0.4, -0.2) is 47.3 Å². The van der Waals surface area contributed by atoms with Crippen molar-refractivity contribution in [2.24, 2.45) is 7.05 Å². The number of ketones is 1. The van der Waals surface area contributed by atoms with E-state index < -0.39 is 5.82 Å². The summed E-state index contributed by atoms with van der Waals surface area (Å²) in [4.78, 5) is 27.5. The molecule has 126 valence electrons. The number of Topliss-reactive ketones (excluding diaryl/α,β-unsaturated/α-hetero) is 1. The van der Waals surface area contributed by atoms with E-state index in [1.54, 1.807) is 27.7 Å². The molecular formula is C18H20FN3O2. The maximum absolute atomic E-state index is 14.2. The summed E-state index contributed by atoms with van der Waals surface area (Å²) in [6.07, 6.45) is 1.84. The number of amides is 1. The normalized spacial score (nSPS) is 14.8. The van der Waals surface area contributed by atoms with Crippen LogP contribution in [0.1, 0.15) is 27.8 Å². The Morgan fingerprint density at radius 3 is 2.33 bits per heavy atom. The van der Waals surface area contributed by atoms with Gasteiger partial charge < -0.3 is 14.4 Å². The van der Waals surface area contributed by atoms with Crippen LogP contribution in [0.5, 0.6) is 0 Å². The second kappa shape index (κ2) is 6.47. The van der Waals surface area contributed by atoms with Crippen molar-refractivity contribution in [2.45, 2.75) is 6.92 Å². The Morgan fingerprint density at radius 2 is 1.79 bits per heavy atom. The summed E-state index contributed by atoms with van der Waals surface area (Å²) in [5.41, 5.74) is 1.50. The van der Waals surface area contributed by atoms with Crippen molar-refractivity contribution in [3.63, 3.8) is 0 Å². The molecule has 0 unspecified atom stereocenters. The first-order valence-corrected chi connectivity index (χ1v) is 7.93. The second-order valence-electron chi connectivity index (χ2n) is 6.01. The molecule has 1 aromatic heterocycles. The lowest BCUT2D eigenvalue weighted by Crippen LogP contribution is -2.49. The molecule has 24 heavy (non-hydrogen) atoms. The molecule has 2 heterocycles. The van der Waals surface area contributed by atoms with Crippen LogP contribution in [0.2, 0.25) is 0 Å². The van der Waals surface area contributed by atoms with E-state index >= 15 is 0 Å². The monoisotopic (exact) mass is 329 g/mol. The number of anilines is 1. The highest BCUT2D eigenvalue weighted by molar-refractivity contribution is 5.94. The Morgan fingerprint density at radius 1 is 1.08 bits per heavy atom. The Labute approximate surface area is 140 Å². The van der Waals surface area contributed by atoms with Crippen LogP contribution in [0.3, 0.4) is 0 Å². The fourth-order valence-corrected chi connectivity index (χ4v) is 2.98. The number of aryl methyl sites for hydroxylation is 1. The first-order chi connectivity index (χ1) is 11.5. The van der Waals surface area contributed by atoms with Crippen LogP contribution < -0.4 is 4.90 Å². The summed E-state index contributed by atoms with van der Waals surface area (Å²) in [5, 5.41) is 0. The van der Waals surface area contributed by atoms with E-state index in [2.05, 4.69) is 0 Å². The van der Waals surface area contributed by atoms with Crippen molar-refractivity contribution in [2.75, 3.05) is 31.1 Å². The van der Waals surface area contributed by atoms with E-state index in [0.717, 1.165) is 0 Å². The maximum Gasteiger partial charge on any atom is 0.270 e. The number of hydrogen-bond acceptors (Lipinski definition) is 3. The van der Waals surface area contributed by atoms with Gasteiger partial charge in [-0.3, -0.25) is 9.59 Å². The van der Waals surface area contributed by atoms with Crippen LogP contribution >= 0.6 is 0 Å². The molecule has 6 heteroatoms. The first-order valence-electron chi connectivity index (χ1n) is 7.93. The number of benzene rings is 1. The third kappa shape index (κ3) is 3.04. The molecule has 0 saturated carbocycles. The predicted octanol–water partition coefficient (Wildman–Crippen LogP) is 2.33. The summed E-state index contributed by atoms with van der Waals surface area (Å²) in [7, 11) is 1.84. The molecule has 0 spiro atoms. The van der Waals surface area contributed by atoms with E-state index in [9.17, 15) is 14.0 Å². The second-order valence-corrected chi connectivity index (χ2v) is 6.01. The van der Waals surface area contributed by atoms with Gasteiger partial charge in [0.1, 0.15) is 11.5 Å². The van der Waals surface area contributed by atoms with Gasteiger partial charge in [0, 0.05) is 45.0 Å². The maximum atomic E-state index is 14.2. The molecule has 1 amide bonds. The molecule has 5 nitrogen and oxygen atoms in total. The van der Waals surface area contributed by atoms with Gasteiger partial charge in [-0.25, -0.2) is 4.39 Å². The van der Waals surface area contributed by atoms with Gasteiger partial charge >= 0.3 is 0 Å². The van der Waals surface area contributed by atoms with Crippen molar-refractivity contribution in [3.8, 4) is 0 Å². The highest BCUT2D eigenvalue weighted by atomic mass is 19.1. The summed E-state index contributed by atoms with van der Waals surface area (Å²) < 4.78 is 16.0. The Kier molecular flexibility index (Phi) is 4.38. The van der Waals surface area contributed by atoms with Gasteiger partial charge in [0.2, 0.25) is 0 Å². The Bertz CT molecular complexity index is 776. The zero-order valence-electron chi connectivity index (χ0n) is 13.8. The summed E-state index contributed by atoms with van der Waals surface area (Å²) >= 11 is 0. The van der Waals surface area contributed by atoms with Crippen molar-refractivity contribution >= 4 is 17.4 Å². The third-order valence-electron chi connectivity index (χ3n) is 4.42. The zero-order valence-corrected chi connectivity index (χ0v) is 13.8. The summed E-state index contributed by atoms with van der Waals surface area (Å²) in [6.45, 7) is 3.62. The molecule has 1 fully saturated rings. The molecule has 1 saturated heterocycles. The Hall–Kier alpha value is -2.63. The van der Waals surface area contributed by atoms with Crippen LogP contribution in [0.4, 0.5) is 10.1 Å². The van der Waals surface area contributed by atoms with Gasteiger partial charge in [-0.15, -0.1) is 0 Å². The Balaban J connectivity index is 1.68. The molecule has 1 aromatic carbocycles. The predicted molar refractivity (Wildman–Crippen MR) is 89.9 cm³/mol. The number of nitrogens with zero attached hydrogens (tertiary/aromatic N) is 3. The standard InChI is InChI=1S/C18H20FN3O2/c1-13(23)14-5-6-16(15(19)12-14)21-8-10-22(11-9-21)18(24)17-4-3-7-20(17)2/h3-7,12H,8-11H2,1-2H3. The largest absolute Gasteiger partial charge is 0.366 e. The van der Waals surface area contributed by atoms with Crippen LogP contribution in [0.25, 0.3) is 0 Å². The van der Waals surface area contributed by atoms with E-state index in [-0.39, 0.29) is 11.7 Å². The summed E-state index contributed by atoms with van der Waals surface area (Å²) in [6, 6.07) is 8.20. The summed E-state index contributed by atoms with van der Waals surface area (Å²) in [5.74, 6) is -0.558. The smallest absolute Gasteiger partial charge is 0.270 e. The lowest BCUT2D eigenvalue weighted by Gasteiger charge is -2.36. The van der Waals surface area contributed by atoms with E-state index in [1.807, 2.05) is 24.2 Å². The number of carbonyl (C=O) groups is 2. The molecule has 0 N–H and O–H groups in total. The average Bonchev–Trinajstić information content (AvgIpc) is 3.00. The number of carbonyl (C=O) groups excluding carboxylic acids is 2. The number of halogens is 1. The molecule has 0 atom stereocenters. The van der Waals surface area contributed by atoms with E-state index in [0.29, 0.717) is 43.1 Å². The van der Waals surface area contributed by atoms with Gasteiger partial charge in [0.15, 0.2) is 5.78 Å². The topological polar surface area (TPSA) is 45.6 Å². The fourth-order valence-electron chi connectivity index (χ4n) is 2.98. The van der Waals surface area contributed by atoms with Gasteiger partial charge in [-0.2, -0.15) is 0 Å². The quantitative estimate of drug-likeness (QED) is 0.812. The van der Waals surface area contributed by atoms with Crippen LogP contribution in [0.15, 0.2) is 36.5 Å². The van der Waals surface area contributed by atoms with Gasteiger partial charge in [0.25, 0.3) is 5.91 Å². The minimum Gasteiger partial charge on any atom is -0.366 e. The highest BCUT2D eigenvalue weighted by Crippen LogP contribution is 2.22. The van der Waals surface area contributed by atoms with E-state index in [4.69, 9.17) is 0 Å². The lowest BCUT2D eigenvalue weighted by molar-refractivity contribution is 0.0737. The first kappa shape index (κ1) is 16.2. The molecule has 1 aliphatic rings. The van der Waals surface area contributed by atoms with Crippen molar-refractivity contribution in [1.82, 2.24) is 9.47 Å². The van der Waals surface area contributed by atoms with Crippen molar-refractivity contribution < 1.29 is 14.0 Å². The number of piperazine rings is 1. The number of rotatable bonds is 3. The highest BCUT2D eigenvalue weighted by Gasteiger charge is 2.24.